The molecule has 1 N–H and O–H groups in total. The van der Waals surface area contributed by atoms with Crippen LogP contribution in [0.5, 0.6) is 0 Å². The first-order valence-corrected chi connectivity index (χ1v) is 12.0. The molecule has 1 aromatic heterocycles. The van der Waals surface area contributed by atoms with E-state index in [1.54, 1.807) is 12.0 Å². The Morgan fingerprint density at radius 1 is 1.27 bits per heavy atom. The first-order chi connectivity index (χ1) is 14.4. The summed E-state index contributed by atoms with van der Waals surface area (Å²) >= 11 is 0. The van der Waals surface area contributed by atoms with Crippen LogP contribution in [-0.2, 0) is 22.5 Å². The standard InChI is InChI=1S/C26H39NO3/c1-19-8-11-23-25(2,13-7-14-26(23,3)24(28)29-4)21(19)10-9-20-12-17-30-22(20)18-27-15-5-6-16-27/h12,17,21,23H,1,5-11,13-16,18H2,2-4H3/p+1/t21-,23+,25+,26-/m0/s1. The predicted octanol–water partition coefficient (Wildman–Crippen LogP) is 4.34. The Morgan fingerprint density at radius 2 is 2.03 bits per heavy atom. The molecule has 3 fully saturated rings. The van der Waals surface area contributed by atoms with Crippen molar-refractivity contribution in [3.05, 3.63) is 35.8 Å². The summed E-state index contributed by atoms with van der Waals surface area (Å²) in [6.45, 7) is 12.6. The highest BCUT2D eigenvalue weighted by molar-refractivity contribution is 5.77. The summed E-state index contributed by atoms with van der Waals surface area (Å²) in [5.74, 6) is 2.00. The fourth-order valence-electron chi connectivity index (χ4n) is 7.28. The Morgan fingerprint density at radius 3 is 2.77 bits per heavy atom. The van der Waals surface area contributed by atoms with E-state index in [0.29, 0.717) is 11.8 Å². The minimum absolute atomic E-state index is 0.0182. The first kappa shape index (κ1) is 21.7. The topological polar surface area (TPSA) is 43.9 Å². The summed E-state index contributed by atoms with van der Waals surface area (Å²) in [6, 6.07) is 2.18. The molecule has 2 aliphatic carbocycles. The molecule has 2 saturated carbocycles. The number of methoxy groups -OCH3 is 1. The summed E-state index contributed by atoms with van der Waals surface area (Å²) in [5, 5.41) is 0. The molecule has 1 aliphatic heterocycles. The number of nitrogens with one attached hydrogen (secondary N) is 1. The SMILES string of the molecule is C=C1CC[C@@H]2[C@](C)(CCC[C@]2(C)C(=O)OC)[C@H]1CCc1ccoc1C[NH+]1CCCC1. The minimum Gasteiger partial charge on any atom is -0.469 e. The van der Waals surface area contributed by atoms with Gasteiger partial charge in [-0.25, -0.2) is 0 Å². The van der Waals surface area contributed by atoms with E-state index in [9.17, 15) is 4.79 Å². The Kier molecular flexibility index (Phi) is 6.16. The lowest BCUT2D eigenvalue weighted by atomic mass is 9.46. The third kappa shape index (κ3) is 3.77. The molecule has 0 amide bonds. The molecule has 0 spiro atoms. The number of aryl methyl sites for hydroxylation is 1. The molecule has 0 radical (unpaired) electrons. The van der Waals surface area contributed by atoms with Crippen molar-refractivity contribution in [3.63, 3.8) is 0 Å². The second-order valence-electron chi connectivity index (χ2n) is 10.6. The van der Waals surface area contributed by atoms with Gasteiger partial charge in [-0.1, -0.05) is 25.5 Å². The van der Waals surface area contributed by atoms with Crippen molar-refractivity contribution in [1.29, 1.82) is 0 Å². The number of ether oxygens (including phenoxy) is 1. The smallest absolute Gasteiger partial charge is 0.311 e. The van der Waals surface area contributed by atoms with Crippen LogP contribution in [0.25, 0.3) is 0 Å². The average molecular weight is 415 g/mol. The van der Waals surface area contributed by atoms with Crippen LogP contribution in [0.1, 0.15) is 76.5 Å². The fourth-order valence-corrected chi connectivity index (χ4v) is 7.28. The van der Waals surface area contributed by atoms with Crippen molar-refractivity contribution in [3.8, 4) is 0 Å². The van der Waals surface area contributed by atoms with Gasteiger partial charge in [0.2, 0.25) is 0 Å². The minimum atomic E-state index is -0.361. The maximum Gasteiger partial charge on any atom is 0.311 e. The zero-order chi connectivity index (χ0) is 21.4. The highest BCUT2D eigenvalue weighted by Gasteiger charge is 2.57. The summed E-state index contributed by atoms with van der Waals surface area (Å²) in [5.41, 5.74) is 2.53. The van der Waals surface area contributed by atoms with Crippen molar-refractivity contribution in [2.45, 2.75) is 78.2 Å². The molecule has 1 saturated heterocycles. The molecule has 4 rings (SSSR count). The van der Waals surface area contributed by atoms with Crippen LogP contribution in [0, 0.1) is 22.7 Å². The summed E-state index contributed by atoms with van der Waals surface area (Å²) in [6.07, 6.45) is 12.0. The number of hydrogen-bond acceptors (Lipinski definition) is 3. The molecule has 0 aromatic carbocycles. The van der Waals surface area contributed by atoms with Crippen LogP contribution < -0.4 is 4.90 Å². The van der Waals surface area contributed by atoms with E-state index in [4.69, 9.17) is 9.15 Å². The number of fused-ring (bicyclic) bond motifs is 1. The molecule has 1 aromatic rings. The molecular formula is C26H40NO3+. The monoisotopic (exact) mass is 414 g/mol. The summed E-state index contributed by atoms with van der Waals surface area (Å²) in [4.78, 5) is 14.4. The second kappa shape index (κ2) is 8.53. The van der Waals surface area contributed by atoms with Crippen LogP contribution >= 0.6 is 0 Å². The van der Waals surface area contributed by atoms with Gasteiger partial charge in [-0.15, -0.1) is 0 Å². The summed E-state index contributed by atoms with van der Waals surface area (Å²) < 4.78 is 11.2. The lowest BCUT2D eigenvalue weighted by Crippen LogP contribution is -3.08. The quantitative estimate of drug-likeness (QED) is 0.556. The largest absolute Gasteiger partial charge is 0.469 e. The maximum atomic E-state index is 12.8. The van der Waals surface area contributed by atoms with Gasteiger partial charge in [0, 0.05) is 12.8 Å². The van der Waals surface area contributed by atoms with Gasteiger partial charge in [0.1, 0.15) is 6.54 Å². The number of carbonyl (C=O) groups excluding carboxylic acids is 1. The lowest BCUT2D eigenvalue weighted by Gasteiger charge is -2.57. The second-order valence-corrected chi connectivity index (χ2v) is 10.6. The fraction of sp³-hybridized carbons (Fsp3) is 0.731. The van der Waals surface area contributed by atoms with E-state index in [1.165, 1.54) is 49.2 Å². The average Bonchev–Trinajstić information content (AvgIpc) is 3.39. The highest BCUT2D eigenvalue weighted by atomic mass is 16.5. The van der Waals surface area contributed by atoms with E-state index >= 15 is 0 Å². The Labute approximate surface area is 182 Å². The number of quaternary nitrogens is 1. The van der Waals surface area contributed by atoms with Crippen molar-refractivity contribution >= 4 is 5.97 Å². The number of hydrogen-bond donors (Lipinski definition) is 1. The molecule has 0 unspecified atom stereocenters. The van der Waals surface area contributed by atoms with Gasteiger partial charge in [-0.3, -0.25) is 4.79 Å². The molecule has 4 nitrogen and oxygen atoms in total. The van der Waals surface area contributed by atoms with Gasteiger partial charge in [-0.2, -0.15) is 0 Å². The van der Waals surface area contributed by atoms with Crippen LogP contribution in [-0.4, -0.2) is 26.2 Å². The molecule has 166 valence electrons. The molecule has 4 atom stereocenters. The Balaban J connectivity index is 1.50. The summed E-state index contributed by atoms with van der Waals surface area (Å²) in [7, 11) is 1.54. The van der Waals surface area contributed by atoms with E-state index in [-0.39, 0.29) is 16.8 Å². The third-order valence-electron chi connectivity index (χ3n) is 8.93. The highest BCUT2D eigenvalue weighted by Crippen LogP contribution is 2.62. The molecule has 3 aliphatic rings. The number of allylic oxidation sites excluding steroid dienone is 1. The van der Waals surface area contributed by atoms with Gasteiger partial charge in [-0.05, 0) is 74.3 Å². The van der Waals surface area contributed by atoms with E-state index in [1.807, 2.05) is 6.26 Å². The zero-order valence-corrected chi connectivity index (χ0v) is 19.2. The zero-order valence-electron chi connectivity index (χ0n) is 19.2. The molecule has 2 heterocycles. The van der Waals surface area contributed by atoms with E-state index in [2.05, 4.69) is 26.5 Å². The molecule has 4 heteroatoms. The third-order valence-corrected chi connectivity index (χ3v) is 8.93. The number of esters is 1. The molecule has 0 bridgehead atoms. The Hall–Kier alpha value is -1.55. The molecular weight excluding hydrogens is 374 g/mol. The van der Waals surface area contributed by atoms with Crippen LogP contribution in [0.2, 0.25) is 0 Å². The Bertz CT molecular complexity index is 777. The maximum absolute atomic E-state index is 12.8. The van der Waals surface area contributed by atoms with Crippen molar-refractivity contribution < 1.29 is 18.8 Å². The predicted molar refractivity (Wildman–Crippen MR) is 118 cm³/mol. The van der Waals surface area contributed by atoms with Crippen molar-refractivity contribution in [2.75, 3.05) is 20.2 Å². The number of likely N-dealkylation sites (tertiary alicyclic amines) is 1. The van der Waals surface area contributed by atoms with Gasteiger partial charge < -0.3 is 14.1 Å². The van der Waals surface area contributed by atoms with Crippen LogP contribution in [0.3, 0.4) is 0 Å². The van der Waals surface area contributed by atoms with Gasteiger partial charge >= 0.3 is 5.97 Å². The first-order valence-electron chi connectivity index (χ1n) is 12.0. The van der Waals surface area contributed by atoms with E-state index in [0.717, 1.165) is 45.1 Å². The van der Waals surface area contributed by atoms with Crippen LogP contribution in [0.4, 0.5) is 0 Å². The molecule has 30 heavy (non-hydrogen) atoms. The number of furan rings is 1. The van der Waals surface area contributed by atoms with Crippen LogP contribution in [0.15, 0.2) is 28.9 Å². The number of carbonyl (C=O) groups is 1. The van der Waals surface area contributed by atoms with Crippen molar-refractivity contribution in [2.24, 2.45) is 22.7 Å². The van der Waals surface area contributed by atoms with E-state index < -0.39 is 0 Å². The van der Waals surface area contributed by atoms with Gasteiger partial charge in [0.25, 0.3) is 0 Å². The van der Waals surface area contributed by atoms with Gasteiger partial charge in [0.05, 0.1) is 31.9 Å². The lowest BCUT2D eigenvalue weighted by molar-refractivity contribution is -0.902. The van der Waals surface area contributed by atoms with Crippen molar-refractivity contribution in [1.82, 2.24) is 0 Å². The number of rotatable bonds is 6. The van der Waals surface area contributed by atoms with Gasteiger partial charge in [0.15, 0.2) is 5.76 Å². The normalized spacial score (nSPS) is 34.7.